The van der Waals surface area contributed by atoms with E-state index in [9.17, 15) is 14.4 Å². The first-order valence-corrected chi connectivity index (χ1v) is 7.02. The zero-order valence-electron chi connectivity index (χ0n) is 13.7. The van der Waals surface area contributed by atoms with E-state index in [0.29, 0.717) is 11.3 Å². The molecule has 22 heavy (non-hydrogen) atoms. The average molecular weight is 305 g/mol. The highest BCUT2D eigenvalue weighted by Gasteiger charge is 2.18. The molecule has 0 fully saturated rings. The molecule has 0 aromatic heterocycles. The molecule has 0 aliphatic rings. The minimum absolute atomic E-state index is 0.0273. The molecule has 1 aromatic carbocycles. The summed E-state index contributed by atoms with van der Waals surface area (Å²) in [6, 6.07) is 6.61. The predicted molar refractivity (Wildman–Crippen MR) is 85.6 cm³/mol. The lowest BCUT2D eigenvalue weighted by molar-refractivity contribution is -0.123. The van der Waals surface area contributed by atoms with Gasteiger partial charge in [0.25, 0.3) is 5.91 Å². The zero-order valence-corrected chi connectivity index (χ0v) is 13.7. The Morgan fingerprint density at radius 1 is 1.18 bits per heavy atom. The van der Waals surface area contributed by atoms with E-state index in [0.717, 1.165) is 0 Å². The Bertz CT molecular complexity index is 576. The highest BCUT2D eigenvalue weighted by atomic mass is 16.2. The summed E-state index contributed by atoms with van der Waals surface area (Å²) in [4.78, 5) is 36.6. The van der Waals surface area contributed by atoms with Gasteiger partial charge in [-0.25, -0.2) is 0 Å². The SMILES string of the molecule is CC(=O)Nc1cccc(C(=O)N(C)CC(=O)NC(C)(C)C)c1. The summed E-state index contributed by atoms with van der Waals surface area (Å²) in [5, 5.41) is 5.43. The van der Waals surface area contributed by atoms with Crippen molar-refractivity contribution in [2.45, 2.75) is 33.2 Å². The van der Waals surface area contributed by atoms with Gasteiger partial charge in [0.15, 0.2) is 0 Å². The molecular formula is C16H23N3O3. The molecule has 0 saturated carbocycles. The van der Waals surface area contributed by atoms with E-state index in [2.05, 4.69) is 10.6 Å². The summed E-state index contributed by atoms with van der Waals surface area (Å²) in [6.07, 6.45) is 0. The van der Waals surface area contributed by atoms with E-state index in [1.165, 1.54) is 11.8 Å². The fourth-order valence-electron chi connectivity index (χ4n) is 1.90. The van der Waals surface area contributed by atoms with Crippen molar-refractivity contribution in [3.8, 4) is 0 Å². The molecule has 6 nitrogen and oxygen atoms in total. The Labute approximate surface area is 130 Å². The van der Waals surface area contributed by atoms with Gasteiger partial charge < -0.3 is 15.5 Å². The topological polar surface area (TPSA) is 78.5 Å². The van der Waals surface area contributed by atoms with Gasteiger partial charge in [0.2, 0.25) is 11.8 Å². The lowest BCUT2D eigenvalue weighted by atomic mass is 10.1. The molecule has 1 rings (SSSR count). The molecule has 1 aromatic rings. The van der Waals surface area contributed by atoms with E-state index in [1.54, 1.807) is 31.3 Å². The van der Waals surface area contributed by atoms with Crippen LogP contribution < -0.4 is 10.6 Å². The van der Waals surface area contributed by atoms with Gasteiger partial charge in [-0.2, -0.15) is 0 Å². The molecule has 120 valence electrons. The maximum Gasteiger partial charge on any atom is 0.254 e. The molecule has 0 bridgehead atoms. The molecule has 0 aliphatic heterocycles. The van der Waals surface area contributed by atoms with Crippen LogP contribution in [-0.2, 0) is 9.59 Å². The van der Waals surface area contributed by atoms with E-state index in [4.69, 9.17) is 0 Å². The lowest BCUT2D eigenvalue weighted by Gasteiger charge is -2.23. The van der Waals surface area contributed by atoms with Crippen LogP contribution in [0.3, 0.4) is 0 Å². The number of hydrogen-bond donors (Lipinski definition) is 2. The van der Waals surface area contributed by atoms with Crippen molar-refractivity contribution < 1.29 is 14.4 Å². The molecule has 2 N–H and O–H groups in total. The summed E-state index contributed by atoms with van der Waals surface area (Å²) in [6.45, 7) is 7.01. The lowest BCUT2D eigenvalue weighted by Crippen LogP contribution is -2.46. The number of nitrogens with zero attached hydrogens (tertiary/aromatic N) is 1. The van der Waals surface area contributed by atoms with Crippen molar-refractivity contribution in [2.75, 3.05) is 18.9 Å². The largest absolute Gasteiger partial charge is 0.350 e. The number of carbonyl (C=O) groups excluding carboxylic acids is 3. The van der Waals surface area contributed by atoms with Crippen LogP contribution in [0.4, 0.5) is 5.69 Å². The smallest absolute Gasteiger partial charge is 0.254 e. The number of rotatable bonds is 4. The third kappa shape index (κ3) is 5.95. The van der Waals surface area contributed by atoms with Gasteiger partial charge in [0.1, 0.15) is 0 Å². The van der Waals surface area contributed by atoms with Crippen LogP contribution in [-0.4, -0.2) is 41.8 Å². The maximum absolute atomic E-state index is 12.3. The number of nitrogens with one attached hydrogen (secondary N) is 2. The number of likely N-dealkylation sites (N-methyl/N-ethyl adjacent to an activating group) is 1. The summed E-state index contributed by atoms with van der Waals surface area (Å²) < 4.78 is 0. The van der Waals surface area contributed by atoms with Gasteiger partial charge in [-0.05, 0) is 39.0 Å². The Balaban J connectivity index is 2.74. The standard InChI is InChI=1S/C16H23N3O3/c1-11(20)17-13-8-6-7-12(9-13)15(22)19(5)10-14(21)18-16(2,3)4/h6-9H,10H2,1-5H3,(H,17,20)(H,18,21). The van der Waals surface area contributed by atoms with Crippen LogP contribution in [0.2, 0.25) is 0 Å². The highest BCUT2D eigenvalue weighted by molar-refractivity contribution is 5.98. The molecule has 0 unspecified atom stereocenters. The number of anilines is 1. The third-order valence-corrected chi connectivity index (χ3v) is 2.67. The molecule has 0 heterocycles. The molecule has 3 amide bonds. The quantitative estimate of drug-likeness (QED) is 0.887. The molecule has 0 radical (unpaired) electrons. The van der Waals surface area contributed by atoms with Gasteiger partial charge in [-0.3, -0.25) is 14.4 Å². The zero-order chi connectivity index (χ0) is 16.9. The van der Waals surface area contributed by atoms with Gasteiger partial charge in [0.05, 0.1) is 6.54 Å². The van der Waals surface area contributed by atoms with Gasteiger partial charge >= 0.3 is 0 Å². The second-order valence-electron chi connectivity index (χ2n) is 6.22. The fraction of sp³-hybridized carbons (Fsp3) is 0.438. The number of carbonyl (C=O) groups is 3. The highest BCUT2D eigenvalue weighted by Crippen LogP contribution is 2.12. The normalized spacial score (nSPS) is 10.8. The Morgan fingerprint density at radius 2 is 1.82 bits per heavy atom. The Morgan fingerprint density at radius 3 is 2.36 bits per heavy atom. The number of hydrogen-bond acceptors (Lipinski definition) is 3. The maximum atomic E-state index is 12.3. The molecule has 0 aliphatic carbocycles. The van der Waals surface area contributed by atoms with Crippen molar-refractivity contribution >= 4 is 23.4 Å². The van der Waals surface area contributed by atoms with Crippen LogP contribution in [0.5, 0.6) is 0 Å². The minimum atomic E-state index is -0.341. The van der Waals surface area contributed by atoms with Gasteiger partial charge in [-0.15, -0.1) is 0 Å². The predicted octanol–water partition coefficient (Wildman–Crippen LogP) is 1.63. The second-order valence-corrected chi connectivity index (χ2v) is 6.22. The Hall–Kier alpha value is -2.37. The number of amides is 3. The minimum Gasteiger partial charge on any atom is -0.350 e. The fourth-order valence-corrected chi connectivity index (χ4v) is 1.90. The molecule has 0 saturated heterocycles. The summed E-state index contributed by atoms with van der Waals surface area (Å²) >= 11 is 0. The monoisotopic (exact) mass is 305 g/mol. The van der Waals surface area contributed by atoms with E-state index < -0.39 is 0 Å². The summed E-state index contributed by atoms with van der Waals surface area (Å²) in [5.41, 5.74) is 0.620. The van der Waals surface area contributed by atoms with E-state index >= 15 is 0 Å². The first-order valence-electron chi connectivity index (χ1n) is 7.02. The van der Waals surface area contributed by atoms with Crippen LogP contribution in [0.25, 0.3) is 0 Å². The van der Waals surface area contributed by atoms with E-state index in [1.807, 2.05) is 20.8 Å². The van der Waals surface area contributed by atoms with Crippen molar-refractivity contribution in [2.24, 2.45) is 0 Å². The first-order chi connectivity index (χ1) is 10.1. The van der Waals surface area contributed by atoms with Gasteiger partial charge in [0, 0.05) is 30.8 Å². The first kappa shape index (κ1) is 17.7. The second kappa shape index (κ2) is 7.06. The molecule has 6 heteroatoms. The summed E-state index contributed by atoms with van der Waals surface area (Å²) in [7, 11) is 1.57. The Kier molecular flexibility index (Phi) is 5.68. The molecule has 0 spiro atoms. The van der Waals surface area contributed by atoms with Gasteiger partial charge in [-0.1, -0.05) is 6.07 Å². The third-order valence-electron chi connectivity index (χ3n) is 2.67. The average Bonchev–Trinajstić information content (AvgIpc) is 2.34. The van der Waals surface area contributed by atoms with Crippen LogP contribution >= 0.6 is 0 Å². The number of benzene rings is 1. The molecule has 0 atom stereocenters. The van der Waals surface area contributed by atoms with Crippen LogP contribution in [0.1, 0.15) is 38.1 Å². The van der Waals surface area contributed by atoms with Crippen molar-refractivity contribution in [3.05, 3.63) is 29.8 Å². The van der Waals surface area contributed by atoms with Crippen molar-refractivity contribution in [1.29, 1.82) is 0 Å². The van der Waals surface area contributed by atoms with Crippen LogP contribution in [0.15, 0.2) is 24.3 Å². The molecular weight excluding hydrogens is 282 g/mol. The van der Waals surface area contributed by atoms with E-state index in [-0.39, 0.29) is 29.8 Å². The van der Waals surface area contributed by atoms with Crippen molar-refractivity contribution in [3.63, 3.8) is 0 Å². The van der Waals surface area contributed by atoms with Crippen LogP contribution in [0, 0.1) is 0 Å². The van der Waals surface area contributed by atoms with Crippen molar-refractivity contribution in [1.82, 2.24) is 10.2 Å². The summed E-state index contributed by atoms with van der Waals surface area (Å²) in [5.74, 6) is -0.708.